The van der Waals surface area contributed by atoms with Crippen LogP contribution in [0.2, 0.25) is 0 Å². The van der Waals surface area contributed by atoms with E-state index in [2.05, 4.69) is 4.74 Å². The van der Waals surface area contributed by atoms with Crippen LogP contribution >= 0.6 is 0 Å². The van der Waals surface area contributed by atoms with Crippen LogP contribution in [0.5, 0.6) is 0 Å². The van der Waals surface area contributed by atoms with Crippen molar-refractivity contribution >= 4 is 5.97 Å². The predicted octanol–water partition coefficient (Wildman–Crippen LogP) is 4.19. The largest absolute Gasteiger partial charge is 0.456 e. The number of hydrogen-bond acceptors (Lipinski definition) is 2. The molecule has 0 bridgehead atoms. The minimum Gasteiger partial charge on any atom is -0.456 e. The predicted molar refractivity (Wildman–Crippen MR) is 59.8 cm³/mol. The highest BCUT2D eigenvalue weighted by Crippen LogP contribution is 2.37. The van der Waals surface area contributed by atoms with E-state index in [0.717, 1.165) is 0 Å². The van der Waals surface area contributed by atoms with Crippen LogP contribution in [0.15, 0.2) is 0 Å². The number of alkyl halides is 5. The van der Waals surface area contributed by atoms with Gasteiger partial charge < -0.3 is 4.74 Å². The molecule has 0 saturated heterocycles. The fourth-order valence-corrected chi connectivity index (χ4v) is 1.39. The molecule has 0 aromatic heterocycles. The van der Waals surface area contributed by atoms with Gasteiger partial charge in [-0.15, -0.1) is 0 Å². The Hall–Kier alpha value is -0.880. The van der Waals surface area contributed by atoms with Crippen LogP contribution in [-0.4, -0.2) is 24.2 Å². The molecule has 19 heavy (non-hydrogen) atoms. The maximum atomic E-state index is 13.6. The summed E-state index contributed by atoms with van der Waals surface area (Å²) in [4.78, 5) is 11.3. The van der Waals surface area contributed by atoms with Crippen molar-refractivity contribution in [3.63, 3.8) is 0 Å². The van der Waals surface area contributed by atoms with Crippen molar-refractivity contribution in [1.29, 1.82) is 0 Å². The van der Waals surface area contributed by atoms with E-state index in [1.165, 1.54) is 13.8 Å². The van der Waals surface area contributed by atoms with Crippen LogP contribution in [0.1, 0.15) is 40.5 Å². The van der Waals surface area contributed by atoms with Gasteiger partial charge in [0.15, 0.2) is 6.10 Å². The van der Waals surface area contributed by atoms with E-state index < -0.39 is 36.5 Å². The quantitative estimate of drug-likeness (QED) is 0.541. The molecule has 0 fully saturated rings. The van der Waals surface area contributed by atoms with Crippen LogP contribution < -0.4 is 0 Å². The molecule has 0 heterocycles. The van der Waals surface area contributed by atoms with Gasteiger partial charge in [-0.2, -0.15) is 13.2 Å². The van der Waals surface area contributed by atoms with Gasteiger partial charge in [0.05, 0.1) is 5.92 Å². The first-order valence-electron chi connectivity index (χ1n) is 6.00. The summed E-state index contributed by atoms with van der Waals surface area (Å²) in [6.07, 6.45) is -9.67. The van der Waals surface area contributed by atoms with Gasteiger partial charge in [-0.25, -0.2) is 8.78 Å². The second-order valence-electron chi connectivity index (χ2n) is 5.26. The van der Waals surface area contributed by atoms with E-state index >= 15 is 0 Å². The first-order valence-corrected chi connectivity index (χ1v) is 6.00. The van der Waals surface area contributed by atoms with Crippen LogP contribution in [-0.2, 0) is 9.53 Å². The maximum absolute atomic E-state index is 13.6. The number of hydrogen-bond donors (Lipinski definition) is 0. The highest BCUT2D eigenvalue weighted by Gasteiger charge is 2.51. The maximum Gasteiger partial charge on any atom is 0.395 e. The molecule has 114 valence electrons. The van der Waals surface area contributed by atoms with Crippen LogP contribution in [0.4, 0.5) is 22.0 Å². The lowest BCUT2D eigenvalue weighted by Gasteiger charge is -2.29. The third kappa shape index (κ3) is 7.32. The van der Waals surface area contributed by atoms with Gasteiger partial charge in [0.1, 0.15) is 6.42 Å². The molecule has 0 aliphatic rings. The van der Waals surface area contributed by atoms with Crippen molar-refractivity contribution in [1.82, 2.24) is 0 Å². The highest BCUT2D eigenvalue weighted by atomic mass is 19.4. The Morgan fingerprint density at radius 1 is 1.05 bits per heavy atom. The summed E-state index contributed by atoms with van der Waals surface area (Å²) in [5.74, 6) is -6.03. The lowest BCUT2D eigenvalue weighted by Crippen LogP contribution is -2.42. The molecule has 0 aliphatic carbocycles. The number of esters is 1. The van der Waals surface area contributed by atoms with E-state index in [9.17, 15) is 26.7 Å². The van der Waals surface area contributed by atoms with Crippen molar-refractivity contribution in [2.24, 2.45) is 11.8 Å². The van der Waals surface area contributed by atoms with Gasteiger partial charge in [0.25, 0.3) is 5.92 Å². The van der Waals surface area contributed by atoms with Crippen LogP contribution in [0, 0.1) is 11.8 Å². The van der Waals surface area contributed by atoms with E-state index in [1.54, 1.807) is 13.8 Å². The molecular weight excluding hydrogens is 271 g/mol. The molecule has 0 aliphatic heterocycles. The lowest BCUT2D eigenvalue weighted by molar-refractivity contribution is -0.226. The molecule has 0 amide bonds. The van der Waals surface area contributed by atoms with Gasteiger partial charge in [0, 0.05) is 0 Å². The molecular formula is C12H19F5O2. The summed E-state index contributed by atoms with van der Waals surface area (Å²) in [7, 11) is 0. The lowest BCUT2D eigenvalue weighted by atomic mass is 9.98. The number of carbonyl (C=O) groups excluding carboxylic acids is 1. The molecule has 0 rings (SSSR count). The molecule has 0 aromatic rings. The molecule has 0 radical (unpaired) electrons. The summed E-state index contributed by atoms with van der Waals surface area (Å²) in [6.45, 7) is 5.99. The average molecular weight is 290 g/mol. The summed E-state index contributed by atoms with van der Waals surface area (Å²) in [5.41, 5.74) is 0. The number of rotatable bonds is 6. The minimum absolute atomic E-state index is 0.316. The molecule has 0 aromatic carbocycles. The zero-order chi connectivity index (χ0) is 15.4. The van der Waals surface area contributed by atoms with Crippen LogP contribution in [0.3, 0.4) is 0 Å². The second-order valence-corrected chi connectivity index (χ2v) is 5.26. The Kier molecular flexibility index (Phi) is 6.22. The SMILES string of the molecule is CC(C)CC(OC(=O)C(C)C)C(F)(F)CC(F)(F)F. The third-order valence-corrected chi connectivity index (χ3v) is 2.32. The van der Waals surface area contributed by atoms with Crippen molar-refractivity contribution in [3.8, 4) is 0 Å². The highest BCUT2D eigenvalue weighted by molar-refractivity contribution is 5.71. The number of carbonyl (C=O) groups is 1. The van der Waals surface area contributed by atoms with Gasteiger partial charge >= 0.3 is 12.1 Å². The van der Waals surface area contributed by atoms with Crippen molar-refractivity contribution in [2.75, 3.05) is 0 Å². The summed E-state index contributed by atoms with van der Waals surface area (Å²) >= 11 is 0. The van der Waals surface area contributed by atoms with Gasteiger partial charge in [-0.05, 0) is 12.3 Å². The first-order chi connectivity index (χ1) is 8.35. The van der Waals surface area contributed by atoms with Crippen molar-refractivity contribution in [3.05, 3.63) is 0 Å². The smallest absolute Gasteiger partial charge is 0.395 e. The molecule has 0 N–H and O–H groups in total. The summed E-state index contributed by atoms with van der Waals surface area (Å²) < 4.78 is 68.1. The van der Waals surface area contributed by atoms with Gasteiger partial charge in [-0.1, -0.05) is 27.7 Å². The monoisotopic (exact) mass is 290 g/mol. The Balaban J connectivity index is 4.96. The topological polar surface area (TPSA) is 26.3 Å². The van der Waals surface area contributed by atoms with E-state index in [-0.39, 0.29) is 12.3 Å². The molecule has 1 atom stereocenters. The van der Waals surface area contributed by atoms with Crippen molar-refractivity contribution in [2.45, 2.75) is 58.7 Å². The van der Waals surface area contributed by atoms with Gasteiger partial charge in [-0.3, -0.25) is 4.79 Å². The average Bonchev–Trinajstić information content (AvgIpc) is 2.11. The van der Waals surface area contributed by atoms with E-state index in [0.29, 0.717) is 0 Å². The molecule has 1 unspecified atom stereocenters. The zero-order valence-corrected chi connectivity index (χ0v) is 11.4. The Morgan fingerprint density at radius 3 is 1.84 bits per heavy atom. The zero-order valence-electron chi connectivity index (χ0n) is 11.4. The Bertz CT molecular complexity index is 297. The number of ether oxygens (including phenoxy) is 1. The second kappa shape index (κ2) is 6.52. The van der Waals surface area contributed by atoms with Crippen molar-refractivity contribution < 1.29 is 31.5 Å². The van der Waals surface area contributed by atoms with E-state index in [1.807, 2.05) is 0 Å². The minimum atomic E-state index is -5.01. The summed E-state index contributed by atoms with van der Waals surface area (Å²) in [5, 5.41) is 0. The standard InChI is InChI=1S/C12H19F5O2/c1-7(2)5-9(19-10(18)8(3)4)11(13,14)6-12(15,16)17/h7-9H,5-6H2,1-4H3. The normalized spacial score (nSPS) is 14.9. The Labute approximate surface area is 109 Å². The summed E-state index contributed by atoms with van der Waals surface area (Å²) in [6, 6.07) is 0. The fourth-order valence-electron chi connectivity index (χ4n) is 1.39. The first kappa shape index (κ1) is 18.1. The fraction of sp³-hybridized carbons (Fsp3) is 0.917. The van der Waals surface area contributed by atoms with E-state index in [4.69, 9.17) is 0 Å². The molecule has 2 nitrogen and oxygen atoms in total. The Morgan fingerprint density at radius 2 is 1.53 bits per heavy atom. The molecule has 0 spiro atoms. The molecule has 0 saturated carbocycles. The van der Waals surface area contributed by atoms with Gasteiger partial charge in [0.2, 0.25) is 0 Å². The van der Waals surface area contributed by atoms with Crippen LogP contribution in [0.25, 0.3) is 0 Å². The third-order valence-electron chi connectivity index (χ3n) is 2.32. The number of halogens is 5. The molecule has 7 heteroatoms.